The molecule has 0 saturated heterocycles. The fraction of sp³-hybridized carbons (Fsp3) is 0.316. The van der Waals surface area contributed by atoms with Gasteiger partial charge in [-0.25, -0.2) is 0 Å². The van der Waals surface area contributed by atoms with E-state index in [2.05, 4.69) is 0 Å². The molecule has 25 heavy (non-hydrogen) atoms. The molecule has 0 spiro atoms. The van der Waals surface area contributed by atoms with Gasteiger partial charge in [0.05, 0.1) is 0 Å². The van der Waals surface area contributed by atoms with Crippen molar-refractivity contribution in [2.45, 2.75) is 25.1 Å². The summed E-state index contributed by atoms with van der Waals surface area (Å²) in [5, 5.41) is 10.6. The standard InChI is InChI=1S/C19H18F3NO2/c1-3-10-23(2)17(24)12-8-9-14-13-6-4-5-7-15(13)18(25,16(14)11-12)19(20,21)22/h4-9,11,25H,3,10H2,1-2H3. The molecule has 1 unspecified atom stereocenters. The van der Waals surface area contributed by atoms with Gasteiger partial charge >= 0.3 is 6.18 Å². The zero-order valence-electron chi connectivity index (χ0n) is 13.9. The average molecular weight is 349 g/mol. The van der Waals surface area contributed by atoms with Crippen molar-refractivity contribution in [3.63, 3.8) is 0 Å². The quantitative estimate of drug-likeness (QED) is 0.912. The molecule has 132 valence electrons. The van der Waals surface area contributed by atoms with Gasteiger partial charge in [-0.15, -0.1) is 0 Å². The summed E-state index contributed by atoms with van der Waals surface area (Å²) < 4.78 is 41.3. The van der Waals surface area contributed by atoms with Crippen molar-refractivity contribution in [3.05, 3.63) is 59.2 Å². The number of benzene rings is 2. The second kappa shape index (κ2) is 5.88. The largest absolute Gasteiger partial charge is 0.425 e. The van der Waals surface area contributed by atoms with Gasteiger partial charge < -0.3 is 10.0 Å². The zero-order valence-corrected chi connectivity index (χ0v) is 13.9. The predicted molar refractivity (Wildman–Crippen MR) is 88.2 cm³/mol. The summed E-state index contributed by atoms with van der Waals surface area (Å²) in [4.78, 5) is 13.9. The van der Waals surface area contributed by atoms with Gasteiger partial charge in [0.2, 0.25) is 5.60 Å². The molecule has 3 rings (SSSR count). The maximum Gasteiger partial charge on any atom is 0.425 e. The van der Waals surface area contributed by atoms with Crippen LogP contribution in [0.4, 0.5) is 13.2 Å². The summed E-state index contributed by atoms with van der Waals surface area (Å²) in [6.45, 7) is 2.41. The number of nitrogens with zero attached hydrogens (tertiary/aromatic N) is 1. The molecule has 0 aliphatic heterocycles. The summed E-state index contributed by atoms with van der Waals surface area (Å²) in [5.41, 5.74) is -2.85. The van der Waals surface area contributed by atoms with Crippen LogP contribution in [0.2, 0.25) is 0 Å². The lowest BCUT2D eigenvalue weighted by Gasteiger charge is -2.28. The highest BCUT2D eigenvalue weighted by Crippen LogP contribution is 2.54. The van der Waals surface area contributed by atoms with Crippen LogP contribution >= 0.6 is 0 Å². The predicted octanol–water partition coefficient (Wildman–Crippen LogP) is 3.95. The third-order valence-electron chi connectivity index (χ3n) is 4.58. The summed E-state index contributed by atoms with van der Waals surface area (Å²) in [7, 11) is 1.60. The number of fused-ring (bicyclic) bond motifs is 3. The van der Waals surface area contributed by atoms with Gasteiger partial charge in [-0.3, -0.25) is 4.79 Å². The van der Waals surface area contributed by atoms with Crippen molar-refractivity contribution in [2.24, 2.45) is 0 Å². The Morgan fingerprint density at radius 3 is 2.40 bits per heavy atom. The summed E-state index contributed by atoms with van der Waals surface area (Å²) in [5.74, 6) is -0.370. The third kappa shape index (κ3) is 2.52. The second-order valence-corrected chi connectivity index (χ2v) is 6.24. The topological polar surface area (TPSA) is 40.5 Å². The van der Waals surface area contributed by atoms with E-state index in [9.17, 15) is 23.1 Å². The first-order chi connectivity index (χ1) is 11.7. The Kier molecular flexibility index (Phi) is 4.11. The minimum Gasteiger partial charge on any atom is -0.372 e. The van der Waals surface area contributed by atoms with E-state index in [1.54, 1.807) is 19.2 Å². The Labute approximate surface area is 143 Å². The van der Waals surface area contributed by atoms with E-state index in [0.717, 1.165) is 12.5 Å². The third-order valence-corrected chi connectivity index (χ3v) is 4.58. The van der Waals surface area contributed by atoms with Crippen molar-refractivity contribution in [1.29, 1.82) is 0 Å². The lowest BCUT2D eigenvalue weighted by atomic mass is 9.90. The van der Waals surface area contributed by atoms with Crippen molar-refractivity contribution >= 4 is 5.91 Å². The van der Waals surface area contributed by atoms with Crippen molar-refractivity contribution in [2.75, 3.05) is 13.6 Å². The first kappa shape index (κ1) is 17.5. The number of rotatable bonds is 3. The number of hydrogen-bond acceptors (Lipinski definition) is 2. The van der Waals surface area contributed by atoms with E-state index in [-0.39, 0.29) is 22.6 Å². The molecule has 0 saturated carbocycles. The van der Waals surface area contributed by atoms with Crippen LogP contribution in [0, 0.1) is 0 Å². The second-order valence-electron chi connectivity index (χ2n) is 6.24. The van der Waals surface area contributed by atoms with Crippen LogP contribution in [0.15, 0.2) is 42.5 Å². The number of aliphatic hydroxyl groups is 1. The summed E-state index contributed by atoms with van der Waals surface area (Å²) in [6.07, 6.45) is -4.16. The molecule has 0 bridgehead atoms. The first-order valence-corrected chi connectivity index (χ1v) is 8.00. The van der Waals surface area contributed by atoms with Gasteiger partial charge in [0.15, 0.2) is 0 Å². The average Bonchev–Trinajstić information content (AvgIpc) is 2.84. The molecule has 1 aliphatic rings. The SMILES string of the molecule is CCCN(C)C(=O)c1ccc2c(c1)C(O)(C(F)(F)F)c1ccccc1-2. The Morgan fingerprint density at radius 2 is 1.76 bits per heavy atom. The van der Waals surface area contributed by atoms with E-state index in [1.165, 1.54) is 29.2 Å². The van der Waals surface area contributed by atoms with Gasteiger partial charge in [-0.1, -0.05) is 37.3 Å². The minimum atomic E-state index is -4.90. The van der Waals surface area contributed by atoms with E-state index in [0.29, 0.717) is 17.7 Å². The highest BCUT2D eigenvalue weighted by atomic mass is 19.4. The molecule has 0 aromatic heterocycles. The van der Waals surface area contributed by atoms with Gasteiger partial charge in [0.1, 0.15) is 0 Å². The lowest BCUT2D eigenvalue weighted by molar-refractivity contribution is -0.246. The van der Waals surface area contributed by atoms with Crippen molar-refractivity contribution in [3.8, 4) is 11.1 Å². The highest BCUT2D eigenvalue weighted by molar-refractivity contribution is 5.96. The van der Waals surface area contributed by atoms with Crippen LogP contribution in [-0.2, 0) is 5.60 Å². The fourth-order valence-electron chi connectivity index (χ4n) is 3.35. The van der Waals surface area contributed by atoms with Crippen LogP contribution in [0.3, 0.4) is 0 Å². The molecule has 1 aliphatic carbocycles. The number of alkyl halides is 3. The van der Waals surface area contributed by atoms with Crippen LogP contribution < -0.4 is 0 Å². The van der Waals surface area contributed by atoms with E-state index in [1.807, 2.05) is 6.92 Å². The maximum atomic E-state index is 13.8. The van der Waals surface area contributed by atoms with E-state index in [4.69, 9.17) is 0 Å². The minimum absolute atomic E-state index is 0.130. The van der Waals surface area contributed by atoms with Crippen LogP contribution in [0.1, 0.15) is 34.8 Å². The molecule has 0 heterocycles. The van der Waals surface area contributed by atoms with Crippen LogP contribution in [0.5, 0.6) is 0 Å². The Hall–Kier alpha value is -2.34. The molecule has 1 amide bonds. The Balaban J connectivity index is 2.18. The monoisotopic (exact) mass is 349 g/mol. The van der Waals surface area contributed by atoms with Crippen LogP contribution in [-0.4, -0.2) is 35.7 Å². The lowest BCUT2D eigenvalue weighted by Crippen LogP contribution is -2.41. The molecule has 2 aromatic carbocycles. The molecular formula is C19H18F3NO2. The molecule has 3 nitrogen and oxygen atoms in total. The normalized spacial score (nSPS) is 18.6. The Morgan fingerprint density at radius 1 is 1.12 bits per heavy atom. The number of hydrogen-bond donors (Lipinski definition) is 1. The summed E-state index contributed by atoms with van der Waals surface area (Å²) >= 11 is 0. The molecule has 6 heteroatoms. The Bertz CT molecular complexity index is 832. The first-order valence-electron chi connectivity index (χ1n) is 8.00. The number of carbonyl (C=O) groups is 1. The molecule has 0 fully saturated rings. The van der Waals surface area contributed by atoms with Gasteiger partial charge in [0, 0.05) is 30.3 Å². The molecular weight excluding hydrogens is 331 g/mol. The van der Waals surface area contributed by atoms with Crippen molar-refractivity contribution in [1.82, 2.24) is 4.90 Å². The molecule has 2 aromatic rings. The number of amides is 1. The molecule has 1 atom stereocenters. The molecule has 1 N–H and O–H groups in total. The number of carbonyl (C=O) groups excluding carboxylic acids is 1. The van der Waals surface area contributed by atoms with E-state index >= 15 is 0 Å². The zero-order chi connectivity index (χ0) is 18.4. The molecule has 0 radical (unpaired) electrons. The van der Waals surface area contributed by atoms with E-state index < -0.39 is 11.8 Å². The fourth-order valence-corrected chi connectivity index (χ4v) is 3.35. The summed E-state index contributed by atoms with van der Waals surface area (Å²) in [6, 6.07) is 10.0. The van der Waals surface area contributed by atoms with Gasteiger partial charge in [-0.05, 0) is 29.7 Å². The van der Waals surface area contributed by atoms with Gasteiger partial charge in [0.25, 0.3) is 5.91 Å². The maximum absolute atomic E-state index is 13.8. The highest BCUT2D eigenvalue weighted by Gasteiger charge is 2.60. The van der Waals surface area contributed by atoms with Crippen molar-refractivity contribution < 1.29 is 23.1 Å². The van der Waals surface area contributed by atoms with Gasteiger partial charge in [-0.2, -0.15) is 13.2 Å². The van der Waals surface area contributed by atoms with Crippen LogP contribution in [0.25, 0.3) is 11.1 Å². The number of halogens is 3. The smallest absolute Gasteiger partial charge is 0.372 e.